The van der Waals surface area contributed by atoms with Crippen LogP contribution in [0.5, 0.6) is 0 Å². The highest BCUT2D eigenvalue weighted by atomic mass is 16.1. The lowest BCUT2D eigenvalue weighted by Crippen LogP contribution is -2.24. The lowest BCUT2D eigenvalue weighted by Gasteiger charge is -2.08. The van der Waals surface area contributed by atoms with Gasteiger partial charge >= 0.3 is 0 Å². The van der Waals surface area contributed by atoms with Gasteiger partial charge in [-0.05, 0) is 30.9 Å². The van der Waals surface area contributed by atoms with Gasteiger partial charge in [-0.2, -0.15) is 0 Å². The van der Waals surface area contributed by atoms with E-state index in [1.807, 2.05) is 18.2 Å². The number of aromatic nitrogens is 1. The maximum atomic E-state index is 11.6. The van der Waals surface area contributed by atoms with Crippen molar-refractivity contribution in [2.45, 2.75) is 25.8 Å². The van der Waals surface area contributed by atoms with Gasteiger partial charge in [0.1, 0.15) is 0 Å². The lowest BCUT2D eigenvalue weighted by atomic mass is 10.1. The van der Waals surface area contributed by atoms with E-state index >= 15 is 0 Å². The molecule has 2 rings (SSSR count). The minimum Gasteiger partial charge on any atom is -0.350 e. The molecule has 1 aromatic heterocycles. The van der Waals surface area contributed by atoms with Crippen LogP contribution in [0.15, 0.2) is 36.5 Å². The first-order valence-electron chi connectivity index (χ1n) is 5.68. The van der Waals surface area contributed by atoms with E-state index < -0.39 is 0 Å². The second kappa shape index (κ2) is 5.45. The Hall–Kier alpha value is -1.64. The Balaban J connectivity index is 1.73. The van der Waals surface area contributed by atoms with E-state index in [1.165, 1.54) is 0 Å². The van der Waals surface area contributed by atoms with Gasteiger partial charge in [-0.3, -0.25) is 9.78 Å². The predicted octanol–water partition coefficient (Wildman–Crippen LogP) is 2.05. The number of hydrogen-bond acceptors (Lipinski definition) is 2. The average Bonchev–Trinajstić information content (AvgIpc) is 2.81. The van der Waals surface area contributed by atoms with E-state index in [0.717, 1.165) is 18.5 Å². The molecule has 0 bridgehead atoms. The largest absolute Gasteiger partial charge is 0.350 e. The maximum Gasteiger partial charge on any atom is 0.220 e. The van der Waals surface area contributed by atoms with Gasteiger partial charge in [-0.15, -0.1) is 0 Å². The smallest absolute Gasteiger partial charge is 0.220 e. The molecule has 0 unspecified atom stereocenters. The Morgan fingerprint density at radius 3 is 3.12 bits per heavy atom. The van der Waals surface area contributed by atoms with Crippen molar-refractivity contribution < 1.29 is 4.79 Å². The number of rotatable bonds is 4. The van der Waals surface area contributed by atoms with Gasteiger partial charge in [0.25, 0.3) is 0 Å². The third-order valence-corrected chi connectivity index (χ3v) is 2.75. The second-order valence-corrected chi connectivity index (χ2v) is 4.07. The zero-order chi connectivity index (χ0) is 11.2. The molecule has 1 aliphatic carbocycles. The molecule has 0 fully saturated rings. The standard InChI is InChI=1S/C13H16N2O/c16-13(9-11-5-1-2-6-11)15-10-12-7-3-4-8-14-12/h1,3-5,7-8,11H,2,6,9-10H2,(H,15,16)/t11-/m1/s1. The first-order chi connectivity index (χ1) is 7.84. The van der Waals surface area contributed by atoms with Crippen molar-refractivity contribution in [3.05, 3.63) is 42.2 Å². The molecular formula is C13H16N2O. The summed E-state index contributed by atoms with van der Waals surface area (Å²) in [6.07, 6.45) is 8.84. The van der Waals surface area contributed by atoms with Gasteiger partial charge in [-0.1, -0.05) is 18.2 Å². The lowest BCUT2D eigenvalue weighted by molar-refractivity contribution is -0.121. The minimum atomic E-state index is 0.113. The third kappa shape index (κ3) is 3.19. The number of nitrogens with one attached hydrogen (secondary N) is 1. The molecule has 3 nitrogen and oxygen atoms in total. The monoisotopic (exact) mass is 216 g/mol. The van der Waals surface area contributed by atoms with Crippen LogP contribution in [0.1, 0.15) is 25.0 Å². The molecular weight excluding hydrogens is 200 g/mol. The van der Waals surface area contributed by atoms with Crippen molar-refractivity contribution in [3.8, 4) is 0 Å². The number of hydrogen-bond donors (Lipinski definition) is 1. The molecule has 3 heteroatoms. The number of pyridine rings is 1. The van der Waals surface area contributed by atoms with E-state index in [4.69, 9.17) is 0 Å². The molecule has 0 saturated carbocycles. The average molecular weight is 216 g/mol. The summed E-state index contributed by atoms with van der Waals surface area (Å²) >= 11 is 0. The van der Waals surface area contributed by atoms with Gasteiger partial charge in [0, 0.05) is 12.6 Å². The number of carbonyl (C=O) groups is 1. The molecule has 0 aromatic carbocycles. The van der Waals surface area contributed by atoms with E-state index in [2.05, 4.69) is 22.5 Å². The number of allylic oxidation sites excluding steroid dienone is 2. The summed E-state index contributed by atoms with van der Waals surface area (Å²) in [6, 6.07) is 5.71. The highest BCUT2D eigenvalue weighted by molar-refractivity contribution is 5.76. The highest BCUT2D eigenvalue weighted by Gasteiger charge is 2.13. The van der Waals surface area contributed by atoms with E-state index in [9.17, 15) is 4.79 Å². The van der Waals surface area contributed by atoms with E-state index in [1.54, 1.807) is 6.20 Å². The first kappa shape index (κ1) is 10.9. The van der Waals surface area contributed by atoms with Crippen molar-refractivity contribution in [1.29, 1.82) is 0 Å². The van der Waals surface area contributed by atoms with Gasteiger partial charge in [0.15, 0.2) is 0 Å². The summed E-state index contributed by atoms with van der Waals surface area (Å²) in [5, 5.41) is 2.89. The summed E-state index contributed by atoms with van der Waals surface area (Å²) in [4.78, 5) is 15.8. The van der Waals surface area contributed by atoms with Crippen LogP contribution in [0.25, 0.3) is 0 Å². The topological polar surface area (TPSA) is 42.0 Å². The molecule has 84 valence electrons. The van der Waals surface area contributed by atoms with Crippen LogP contribution in [-0.2, 0) is 11.3 Å². The summed E-state index contributed by atoms with van der Waals surface area (Å²) < 4.78 is 0. The molecule has 1 atom stereocenters. The van der Waals surface area contributed by atoms with Crippen molar-refractivity contribution in [2.75, 3.05) is 0 Å². The van der Waals surface area contributed by atoms with E-state index in [0.29, 0.717) is 18.9 Å². The van der Waals surface area contributed by atoms with Crippen LogP contribution >= 0.6 is 0 Å². The Morgan fingerprint density at radius 2 is 2.44 bits per heavy atom. The fourth-order valence-electron chi connectivity index (χ4n) is 1.87. The third-order valence-electron chi connectivity index (χ3n) is 2.75. The summed E-state index contributed by atoms with van der Waals surface area (Å²) in [5.74, 6) is 0.547. The van der Waals surface area contributed by atoms with Crippen molar-refractivity contribution in [2.24, 2.45) is 5.92 Å². The number of amides is 1. The Kier molecular flexibility index (Phi) is 3.70. The highest BCUT2D eigenvalue weighted by Crippen LogP contribution is 2.19. The SMILES string of the molecule is O=C(C[C@@H]1C=CCC1)NCc1ccccn1. The number of nitrogens with zero attached hydrogens (tertiary/aromatic N) is 1. The minimum absolute atomic E-state index is 0.113. The van der Waals surface area contributed by atoms with Gasteiger partial charge in [0.2, 0.25) is 5.91 Å². The van der Waals surface area contributed by atoms with Crippen LogP contribution in [0.4, 0.5) is 0 Å². The zero-order valence-electron chi connectivity index (χ0n) is 9.23. The van der Waals surface area contributed by atoms with Gasteiger partial charge in [0.05, 0.1) is 12.2 Å². The van der Waals surface area contributed by atoms with Crippen LogP contribution < -0.4 is 5.32 Å². The van der Waals surface area contributed by atoms with Crippen LogP contribution in [0.2, 0.25) is 0 Å². The van der Waals surface area contributed by atoms with Gasteiger partial charge in [-0.25, -0.2) is 0 Å². The maximum absolute atomic E-state index is 11.6. The summed E-state index contributed by atoms with van der Waals surface area (Å²) in [6.45, 7) is 0.524. The molecule has 0 aliphatic heterocycles. The first-order valence-corrected chi connectivity index (χ1v) is 5.68. The van der Waals surface area contributed by atoms with Crippen LogP contribution in [0, 0.1) is 5.92 Å². The zero-order valence-corrected chi connectivity index (χ0v) is 9.23. The Labute approximate surface area is 95.6 Å². The second-order valence-electron chi connectivity index (χ2n) is 4.07. The fourth-order valence-corrected chi connectivity index (χ4v) is 1.87. The molecule has 0 saturated heterocycles. The molecule has 16 heavy (non-hydrogen) atoms. The summed E-state index contributed by atoms with van der Waals surface area (Å²) in [7, 11) is 0. The molecule has 1 N–H and O–H groups in total. The Morgan fingerprint density at radius 1 is 1.50 bits per heavy atom. The van der Waals surface area contributed by atoms with Crippen molar-refractivity contribution in [3.63, 3.8) is 0 Å². The number of carbonyl (C=O) groups excluding carboxylic acids is 1. The summed E-state index contributed by atoms with van der Waals surface area (Å²) in [5.41, 5.74) is 0.901. The Bertz CT molecular complexity index is 373. The molecule has 1 amide bonds. The van der Waals surface area contributed by atoms with Crippen LogP contribution in [-0.4, -0.2) is 10.9 Å². The predicted molar refractivity (Wildman–Crippen MR) is 62.6 cm³/mol. The van der Waals surface area contributed by atoms with Crippen molar-refractivity contribution in [1.82, 2.24) is 10.3 Å². The normalized spacial score (nSPS) is 18.6. The molecule has 1 heterocycles. The van der Waals surface area contributed by atoms with Gasteiger partial charge < -0.3 is 5.32 Å². The molecule has 0 radical (unpaired) electrons. The molecule has 0 spiro atoms. The van der Waals surface area contributed by atoms with Crippen molar-refractivity contribution >= 4 is 5.91 Å². The van der Waals surface area contributed by atoms with Crippen LogP contribution in [0.3, 0.4) is 0 Å². The fraction of sp³-hybridized carbons (Fsp3) is 0.385. The molecule has 1 aliphatic rings. The quantitative estimate of drug-likeness (QED) is 0.783. The van der Waals surface area contributed by atoms with E-state index in [-0.39, 0.29) is 5.91 Å². The molecule has 1 aromatic rings.